The molecule has 0 unspecified atom stereocenters. The van der Waals surface area contributed by atoms with Crippen LogP contribution in [0, 0.1) is 6.92 Å². The molecule has 0 aliphatic carbocycles. The molecule has 1 rings (SSSR count). The maximum Gasteiger partial charge on any atom is 0.238 e. The van der Waals surface area contributed by atoms with E-state index in [0.29, 0.717) is 6.54 Å². The predicted octanol–water partition coefficient (Wildman–Crippen LogP) is 2.54. The summed E-state index contributed by atoms with van der Waals surface area (Å²) in [5, 5.41) is 5.70. The molecule has 22 heavy (non-hydrogen) atoms. The quantitative estimate of drug-likeness (QED) is 0.692. The van der Waals surface area contributed by atoms with Crippen molar-refractivity contribution in [3.63, 3.8) is 0 Å². The number of hydrogen-bond acceptors (Lipinski definition) is 3. The minimum atomic E-state index is -0.130. The van der Waals surface area contributed by atoms with Crippen LogP contribution in [0.3, 0.4) is 0 Å². The van der Waals surface area contributed by atoms with Crippen LogP contribution in [0.4, 0.5) is 5.69 Å². The molecule has 0 aliphatic heterocycles. The molecule has 0 saturated carbocycles. The van der Waals surface area contributed by atoms with Crippen molar-refractivity contribution in [3.05, 3.63) is 28.2 Å². The number of unbranched alkanes of at least 4 members (excludes halogenated alkanes) is 1. The van der Waals surface area contributed by atoms with Gasteiger partial charge in [0.1, 0.15) is 0 Å². The summed E-state index contributed by atoms with van der Waals surface area (Å²) >= 11 is 3.39. The fourth-order valence-electron chi connectivity index (χ4n) is 1.96. The first-order valence-electron chi connectivity index (χ1n) is 7.43. The van der Waals surface area contributed by atoms with Gasteiger partial charge in [-0.05, 0) is 44.2 Å². The molecule has 0 saturated heterocycles. The zero-order chi connectivity index (χ0) is 16.5. The molecule has 122 valence electrons. The van der Waals surface area contributed by atoms with E-state index in [-0.39, 0.29) is 24.9 Å². The lowest BCUT2D eigenvalue weighted by atomic mass is 10.2. The third-order valence-electron chi connectivity index (χ3n) is 3.14. The number of benzene rings is 1. The normalized spacial score (nSPS) is 10.6. The number of hydrogen-bond donors (Lipinski definition) is 2. The standard InChI is InChI=1S/C16H24BrN3O2/c1-4-5-8-18-15(21)10-20(3)11-16(22)19-14-7-6-13(17)9-12(14)2/h6-7,9H,4-5,8,10-11H2,1-3H3,(H,18,21)(H,19,22). The van der Waals surface area contributed by atoms with E-state index in [1.807, 2.05) is 25.1 Å². The third-order valence-corrected chi connectivity index (χ3v) is 3.64. The SMILES string of the molecule is CCCCNC(=O)CN(C)CC(=O)Nc1ccc(Br)cc1C. The van der Waals surface area contributed by atoms with Gasteiger partial charge in [-0.2, -0.15) is 0 Å². The number of halogens is 1. The van der Waals surface area contributed by atoms with Gasteiger partial charge in [0.2, 0.25) is 11.8 Å². The van der Waals surface area contributed by atoms with Gasteiger partial charge in [-0.3, -0.25) is 14.5 Å². The van der Waals surface area contributed by atoms with E-state index in [2.05, 4.69) is 33.5 Å². The minimum absolute atomic E-state index is 0.0522. The summed E-state index contributed by atoms with van der Waals surface area (Å²) in [5.41, 5.74) is 1.77. The van der Waals surface area contributed by atoms with E-state index < -0.39 is 0 Å². The highest BCUT2D eigenvalue weighted by Gasteiger charge is 2.11. The van der Waals surface area contributed by atoms with Gasteiger partial charge in [0.15, 0.2) is 0 Å². The fourth-order valence-corrected chi connectivity index (χ4v) is 2.44. The van der Waals surface area contributed by atoms with Crippen LogP contribution in [0.15, 0.2) is 22.7 Å². The molecular formula is C16H24BrN3O2. The maximum atomic E-state index is 12.0. The molecule has 6 heteroatoms. The Morgan fingerprint density at radius 3 is 2.55 bits per heavy atom. The van der Waals surface area contributed by atoms with Crippen molar-refractivity contribution >= 4 is 33.4 Å². The van der Waals surface area contributed by atoms with Gasteiger partial charge in [0, 0.05) is 16.7 Å². The van der Waals surface area contributed by atoms with Gasteiger partial charge in [0.25, 0.3) is 0 Å². The minimum Gasteiger partial charge on any atom is -0.355 e. The van der Waals surface area contributed by atoms with Crippen LogP contribution < -0.4 is 10.6 Å². The van der Waals surface area contributed by atoms with Gasteiger partial charge in [-0.25, -0.2) is 0 Å². The molecule has 0 atom stereocenters. The second-order valence-electron chi connectivity index (χ2n) is 5.38. The van der Waals surface area contributed by atoms with Crippen LogP contribution >= 0.6 is 15.9 Å². The van der Waals surface area contributed by atoms with Gasteiger partial charge in [-0.1, -0.05) is 29.3 Å². The molecule has 1 aromatic carbocycles. The molecular weight excluding hydrogens is 346 g/mol. The number of anilines is 1. The van der Waals surface area contributed by atoms with Gasteiger partial charge in [-0.15, -0.1) is 0 Å². The molecule has 1 aromatic rings. The largest absolute Gasteiger partial charge is 0.355 e. The van der Waals surface area contributed by atoms with Crippen LogP contribution in [0.5, 0.6) is 0 Å². The zero-order valence-electron chi connectivity index (χ0n) is 13.4. The second-order valence-corrected chi connectivity index (χ2v) is 6.30. The van der Waals surface area contributed by atoms with Crippen molar-refractivity contribution in [1.82, 2.24) is 10.2 Å². The molecule has 0 aromatic heterocycles. The van der Waals surface area contributed by atoms with Crippen molar-refractivity contribution in [3.8, 4) is 0 Å². The van der Waals surface area contributed by atoms with Crippen LogP contribution in [0.2, 0.25) is 0 Å². The Balaban J connectivity index is 2.39. The number of rotatable bonds is 8. The number of amides is 2. The topological polar surface area (TPSA) is 61.4 Å². The van der Waals surface area contributed by atoms with E-state index in [9.17, 15) is 9.59 Å². The Morgan fingerprint density at radius 1 is 1.23 bits per heavy atom. The summed E-state index contributed by atoms with van der Waals surface area (Å²) in [4.78, 5) is 25.4. The van der Waals surface area contributed by atoms with Gasteiger partial charge >= 0.3 is 0 Å². The lowest BCUT2D eigenvalue weighted by Crippen LogP contribution is -2.39. The average molecular weight is 370 g/mol. The van der Waals surface area contributed by atoms with Gasteiger partial charge < -0.3 is 10.6 Å². The number of aryl methyl sites for hydroxylation is 1. The summed E-state index contributed by atoms with van der Waals surface area (Å²) < 4.78 is 0.976. The summed E-state index contributed by atoms with van der Waals surface area (Å²) in [6, 6.07) is 5.68. The summed E-state index contributed by atoms with van der Waals surface area (Å²) in [5.74, 6) is -0.183. The molecule has 2 amide bonds. The molecule has 2 N–H and O–H groups in total. The van der Waals surface area contributed by atoms with Gasteiger partial charge in [0.05, 0.1) is 13.1 Å². The highest BCUT2D eigenvalue weighted by molar-refractivity contribution is 9.10. The number of likely N-dealkylation sites (N-methyl/N-ethyl adjacent to an activating group) is 1. The van der Waals surface area contributed by atoms with Crippen molar-refractivity contribution in [2.24, 2.45) is 0 Å². The summed E-state index contributed by atoms with van der Waals surface area (Å²) in [7, 11) is 1.76. The fraction of sp³-hybridized carbons (Fsp3) is 0.500. The Kier molecular flexibility index (Phi) is 8.12. The highest BCUT2D eigenvalue weighted by atomic mass is 79.9. The van der Waals surface area contributed by atoms with Crippen molar-refractivity contribution < 1.29 is 9.59 Å². The van der Waals surface area contributed by atoms with Crippen LogP contribution in [-0.2, 0) is 9.59 Å². The molecule has 0 bridgehead atoms. The molecule has 0 fully saturated rings. The first-order chi connectivity index (χ1) is 10.4. The summed E-state index contributed by atoms with van der Waals surface area (Å²) in [6.07, 6.45) is 2.02. The predicted molar refractivity (Wildman–Crippen MR) is 92.9 cm³/mol. The molecule has 5 nitrogen and oxygen atoms in total. The smallest absolute Gasteiger partial charge is 0.238 e. The molecule has 0 spiro atoms. The average Bonchev–Trinajstić information content (AvgIpc) is 2.42. The van der Waals surface area contributed by atoms with E-state index in [1.165, 1.54) is 0 Å². The number of nitrogens with one attached hydrogen (secondary N) is 2. The number of carbonyl (C=O) groups is 2. The van der Waals surface area contributed by atoms with Crippen molar-refractivity contribution in [2.75, 3.05) is 32.0 Å². The Labute approximate surface area is 140 Å². The van der Waals surface area contributed by atoms with Crippen LogP contribution in [0.25, 0.3) is 0 Å². The Morgan fingerprint density at radius 2 is 1.91 bits per heavy atom. The van der Waals surface area contributed by atoms with Crippen molar-refractivity contribution in [2.45, 2.75) is 26.7 Å². The Bertz CT molecular complexity index is 520. The first kappa shape index (κ1) is 18.6. The molecule has 0 heterocycles. The second kappa shape index (κ2) is 9.58. The lowest BCUT2D eigenvalue weighted by Gasteiger charge is -2.16. The highest BCUT2D eigenvalue weighted by Crippen LogP contribution is 2.19. The van der Waals surface area contributed by atoms with E-state index in [0.717, 1.165) is 28.6 Å². The maximum absolute atomic E-state index is 12.0. The zero-order valence-corrected chi connectivity index (χ0v) is 15.0. The van der Waals surface area contributed by atoms with E-state index >= 15 is 0 Å². The molecule has 0 radical (unpaired) electrons. The third kappa shape index (κ3) is 7.04. The van der Waals surface area contributed by atoms with Crippen LogP contribution in [0.1, 0.15) is 25.3 Å². The first-order valence-corrected chi connectivity index (χ1v) is 8.23. The van der Waals surface area contributed by atoms with Crippen molar-refractivity contribution in [1.29, 1.82) is 0 Å². The summed E-state index contributed by atoms with van der Waals surface area (Å²) in [6.45, 7) is 5.10. The van der Waals surface area contributed by atoms with E-state index in [4.69, 9.17) is 0 Å². The monoisotopic (exact) mass is 369 g/mol. The molecule has 0 aliphatic rings. The van der Waals surface area contributed by atoms with Crippen LogP contribution in [-0.4, -0.2) is 43.4 Å². The van der Waals surface area contributed by atoms with E-state index in [1.54, 1.807) is 11.9 Å². The number of carbonyl (C=O) groups excluding carboxylic acids is 2. The number of nitrogens with zero attached hydrogens (tertiary/aromatic N) is 1. The Hall–Kier alpha value is -1.40. The lowest BCUT2D eigenvalue weighted by molar-refractivity contribution is -0.122.